The SMILES string of the molecule is CN(CCOCC1CC1)c1ccc(CCl)c(Br)c1. The van der Waals surface area contributed by atoms with Crippen LogP contribution in [-0.2, 0) is 10.6 Å². The van der Waals surface area contributed by atoms with Crippen molar-refractivity contribution in [2.24, 2.45) is 5.92 Å². The summed E-state index contributed by atoms with van der Waals surface area (Å²) in [5, 5.41) is 0. The average Bonchev–Trinajstić information content (AvgIpc) is 3.18. The summed E-state index contributed by atoms with van der Waals surface area (Å²) < 4.78 is 6.72. The van der Waals surface area contributed by atoms with Crippen LogP contribution in [0.1, 0.15) is 18.4 Å². The van der Waals surface area contributed by atoms with Crippen molar-refractivity contribution in [2.45, 2.75) is 18.7 Å². The van der Waals surface area contributed by atoms with Crippen molar-refractivity contribution in [1.82, 2.24) is 0 Å². The number of likely N-dealkylation sites (N-methyl/N-ethyl adjacent to an activating group) is 1. The van der Waals surface area contributed by atoms with Crippen molar-refractivity contribution < 1.29 is 4.74 Å². The first-order valence-corrected chi connectivity index (χ1v) is 7.66. The van der Waals surface area contributed by atoms with Gasteiger partial charge in [0.2, 0.25) is 0 Å². The predicted molar refractivity (Wildman–Crippen MR) is 80.5 cm³/mol. The monoisotopic (exact) mass is 331 g/mol. The minimum atomic E-state index is 0.537. The zero-order valence-electron chi connectivity index (χ0n) is 10.7. The number of anilines is 1. The summed E-state index contributed by atoms with van der Waals surface area (Å²) in [7, 11) is 2.09. The van der Waals surface area contributed by atoms with Crippen molar-refractivity contribution in [3.63, 3.8) is 0 Å². The molecule has 0 spiro atoms. The highest BCUT2D eigenvalue weighted by Gasteiger charge is 2.20. The van der Waals surface area contributed by atoms with E-state index in [0.717, 1.165) is 35.7 Å². The van der Waals surface area contributed by atoms with Gasteiger partial charge < -0.3 is 9.64 Å². The summed E-state index contributed by atoms with van der Waals surface area (Å²) in [5.41, 5.74) is 2.31. The minimum Gasteiger partial charge on any atom is -0.379 e. The van der Waals surface area contributed by atoms with Gasteiger partial charge in [0.1, 0.15) is 0 Å². The fraction of sp³-hybridized carbons (Fsp3) is 0.571. The molecule has 1 aromatic rings. The lowest BCUT2D eigenvalue weighted by Gasteiger charge is -2.20. The van der Waals surface area contributed by atoms with Crippen LogP contribution in [0.15, 0.2) is 22.7 Å². The van der Waals surface area contributed by atoms with Gasteiger partial charge in [-0.3, -0.25) is 0 Å². The normalized spacial score (nSPS) is 14.8. The third-order valence-electron chi connectivity index (χ3n) is 3.24. The van der Waals surface area contributed by atoms with Gasteiger partial charge in [0, 0.05) is 36.2 Å². The summed E-state index contributed by atoms with van der Waals surface area (Å²) >= 11 is 9.38. The molecule has 1 aliphatic carbocycles. The van der Waals surface area contributed by atoms with Gasteiger partial charge in [-0.1, -0.05) is 22.0 Å². The maximum atomic E-state index is 5.84. The van der Waals surface area contributed by atoms with Crippen LogP contribution in [0.3, 0.4) is 0 Å². The number of halogens is 2. The number of nitrogens with zero attached hydrogens (tertiary/aromatic N) is 1. The molecule has 2 rings (SSSR count). The first-order chi connectivity index (χ1) is 8.70. The van der Waals surface area contributed by atoms with Crippen molar-refractivity contribution in [1.29, 1.82) is 0 Å². The topological polar surface area (TPSA) is 12.5 Å². The Balaban J connectivity index is 1.79. The molecular formula is C14H19BrClNO. The van der Waals surface area contributed by atoms with E-state index in [4.69, 9.17) is 16.3 Å². The lowest BCUT2D eigenvalue weighted by Crippen LogP contribution is -2.23. The third kappa shape index (κ3) is 4.15. The van der Waals surface area contributed by atoms with Crippen LogP contribution in [0.4, 0.5) is 5.69 Å². The molecule has 0 aromatic heterocycles. The fourth-order valence-corrected chi connectivity index (χ4v) is 2.65. The quantitative estimate of drug-likeness (QED) is 0.552. The van der Waals surface area contributed by atoms with E-state index in [9.17, 15) is 0 Å². The smallest absolute Gasteiger partial charge is 0.0641 e. The Morgan fingerprint density at radius 1 is 1.44 bits per heavy atom. The largest absolute Gasteiger partial charge is 0.379 e. The van der Waals surface area contributed by atoms with Crippen LogP contribution in [0.2, 0.25) is 0 Å². The Kier molecular flexibility index (Phi) is 5.34. The van der Waals surface area contributed by atoms with Crippen LogP contribution in [0.25, 0.3) is 0 Å². The van der Waals surface area contributed by atoms with Crippen LogP contribution in [0.5, 0.6) is 0 Å². The molecule has 0 heterocycles. The molecule has 0 atom stereocenters. The van der Waals surface area contributed by atoms with Crippen molar-refractivity contribution >= 4 is 33.2 Å². The third-order valence-corrected chi connectivity index (χ3v) is 4.27. The van der Waals surface area contributed by atoms with Crippen molar-refractivity contribution in [3.05, 3.63) is 28.2 Å². The Bertz CT molecular complexity index is 395. The average molecular weight is 333 g/mol. The number of ether oxygens (including phenoxy) is 1. The lowest BCUT2D eigenvalue weighted by molar-refractivity contribution is 0.131. The molecule has 0 saturated heterocycles. The van der Waals surface area contributed by atoms with E-state index in [1.807, 2.05) is 0 Å². The summed E-state index contributed by atoms with van der Waals surface area (Å²) in [5.74, 6) is 1.38. The van der Waals surface area contributed by atoms with E-state index in [2.05, 4.69) is 46.1 Å². The van der Waals surface area contributed by atoms with Gasteiger partial charge in [0.15, 0.2) is 0 Å². The molecule has 0 radical (unpaired) electrons. The second-order valence-corrected chi connectivity index (χ2v) is 5.97. The number of alkyl halides is 1. The van der Waals surface area contributed by atoms with Gasteiger partial charge >= 0.3 is 0 Å². The van der Waals surface area contributed by atoms with Gasteiger partial charge in [-0.25, -0.2) is 0 Å². The molecule has 1 aliphatic rings. The molecule has 0 bridgehead atoms. The first-order valence-electron chi connectivity index (χ1n) is 6.34. The van der Waals surface area contributed by atoms with E-state index in [0.29, 0.717) is 5.88 Å². The highest BCUT2D eigenvalue weighted by atomic mass is 79.9. The van der Waals surface area contributed by atoms with E-state index >= 15 is 0 Å². The second-order valence-electron chi connectivity index (χ2n) is 4.85. The van der Waals surface area contributed by atoms with Crippen LogP contribution >= 0.6 is 27.5 Å². The maximum Gasteiger partial charge on any atom is 0.0641 e. The minimum absolute atomic E-state index is 0.537. The maximum absolute atomic E-state index is 5.84. The standard InChI is InChI=1S/C14H19BrClNO/c1-17(6-7-18-10-11-2-3-11)13-5-4-12(9-16)14(15)8-13/h4-5,8,11H,2-3,6-7,9-10H2,1H3. The van der Waals surface area contributed by atoms with Gasteiger partial charge in [-0.2, -0.15) is 0 Å². The van der Waals surface area contributed by atoms with E-state index < -0.39 is 0 Å². The summed E-state index contributed by atoms with van der Waals surface area (Å²) in [6.07, 6.45) is 2.70. The molecule has 1 saturated carbocycles. The highest BCUT2D eigenvalue weighted by Crippen LogP contribution is 2.28. The second kappa shape index (κ2) is 6.78. The zero-order valence-corrected chi connectivity index (χ0v) is 13.0. The number of hydrogen-bond acceptors (Lipinski definition) is 2. The molecule has 0 amide bonds. The molecule has 2 nitrogen and oxygen atoms in total. The van der Waals surface area contributed by atoms with Gasteiger partial charge in [0.25, 0.3) is 0 Å². The first kappa shape index (κ1) is 14.2. The fourth-order valence-electron chi connectivity index (χ4n) is 1.75. The van der Waals surface area contributed by atoms with E-state index in [-0.39, 0.29) is 0 Å². The van der Waals surface area contributed by atoms with Crippen molar-refractivity contribution in [2.75, 3.05) is 31.7 Å². The summed E-state index contributed by atoms with van der Waals surface area (Å²) in [4.78, 5) is 2.20. The highest BCUT2D eigenvalue weighted by molar-refractivity contribution is 9.10. The molecule has 4 heteroatoms. The molecular weight excluding hydrogens is 314 g/mol. The molecule has 0 unspecified atom stereocenters. The number of hydrogen-bond donors (Lipinski definition) is 0. The molecule has 100 valence electrons. The Hall–Kier alpha value is -0.250. The van der Waals surface area contributed by atoms with Gasteiger partial charge in [-0.15, -0.1) is 11.6 Å². The van der Waals surface area contributed by atoms with Crippen LogP contribution < -0.4 is 4.90 Å². The Morgan fingerprint density at radius 3 is 2.83 bits per heavy atom. The summed E-state index contributed by atoms with van der Waals surface area (Å²) in [6.45, 7) is 2.64. The Labute approximate surface area is 122 Å². The zero-order chi connectivity index (χ0) is 13.0. The number of rotatable bonds is 7. The molecule has 0 N–H and O–H groups in total. The van der Waals surface area contributed by atoms with Gasteiger partial charge in [0.05, 0.1) is 6.61 Å². The van der Waals surface area contributed by atoms with Gasteiger partial charge in [-0.05, 0) is 36.5 Å². The van der Waals surface area contributed by atoms with Crippen molar-refractivity contribution in [3.8, 4) is 0 Å². The lowest BCUT2D eigenvalue weighted by atomic mass is 10.2. The predicted octanol–water partition coefficient (Wildman–Crippen LogP) is 4.05. The summed E-state index contributed by atoms with van der Waals surface area (Å²) in [6, 6.07) is 6.27. The van der Waals surface area contributed by atoms with E-state index in [1.54, 1.807) is 0 Å². The molecule has 1 aromatic carbocycles. The Morgan fingerprint density at radius 2 is 2.22 bits per heavy atom. The van der Waals surface area contributed by atoms with E-state index in [1.165, 1.54) is 18.5 Å². The number of benzene rings is 1. The molecule has 1 fully saturated rings. The molecule has 18 heavy (non-hydrogen) atoms. The molecule has 0 aliphatic heterocycles. The van der Waals surface area contributed by atoms with Crippen LogP contribution in [0, 0.1) is 5.92 Å². The van der Waals surface area contributed by atoms with Crippen LogP contribution in [-0.4, -0.2) is 26.8 Å².